The van der Waals surface area contributed by atoms with Crippen molar-refractivity contribution < 1.29 is 38.1 Å². The van der Waals surface area contributed by atoms with Gasteiger partial charge in [-0.25, -0.2) is 4.79 Å². The number of benzene rings is 3. The third-order valence-corrected chi connectivity index (χ3v) is 11.3. The lowest BCUT2D eigenvalue weighted by molar-refractivity contribution is -0.116. The van der Waals surface area contributed by atoms with Crippen molar-refractivity contribution in [1.29, 1.82) is 0 Å². The van der Waals surface area contributed by atoms with Gasteiger partial charge in [0, 0.05) is 32.7 Å². The Morgan fingerprint density at radius 1 is 0.833 bits per heavy atom. The summed E-state index contributed by atoms with van der Waals surface area (Å²) in [5, 5.41) is 8.73. The minimum atomic E-state index is -0.591. The summed E-state index contributed by atoms with van der Waals surface area (Å²) < 4.78 is 21.8. The Labute approximate surface area is 323 Å². The van der Waals surface area contributed by atoms with E-state index in [0.29, 0.717) is 51.0 Å². The van der Waals surface area contributed by atoms with E-state index in [9.17, 15) is 19.2 Å². The minimum absolute atomic E-state index is 0.0509. The largest absolute Gasteiger partial charge is 0.496 e. The molecule has 4 aromatic rings. The smallest absolute Gasteiger partial charge is 0.341 e. The molecule has 13 heteroatoms. The summed E-state index contributed by atoms with van der Waals surface area (Å²) in [6.45, 7) is 3.95. The van der Waals surface area contributed by atoms with Crippen molar-refractivity contribution in [2.24, 2.45) is 0 Å². The van der Waals surface area contributed by atoms with Gasteiger partial charge in [0.2, 0.25) is 5.91 Å². The molecule has 1 unspecified atom stereocenters. The van der Waals surface area contributed by atoms with Gasteiger partial charge in [-0.2, -0.15) is 0 Å². The number of aryl methyl sites for hydroxylation is 1. The van der Waals surface area contributed by atoms with Gasteiger partial charge >= 0.3 is 5.97 Å². The van der Waals surface area contributed by atoms with Crippen molar-refractivity contribution in [2.75, 3.05) is 38.6 Å². The fourth-order valence-corrected chi connectivity index (χ4v) is 8.33. The number of carbonyl (C=O) groups excluding carboxylic acids is 4. The first-order valence-electron chi connectivity index (χ1n) is 17.8. The zero-order valence-electron chi connectivity index (χ0n) is 31.0. The maximum atomic E-state index is 13.9. The number of hydrogen-bond donors (Lipinski definition) is 3. The van der Waals surface area contributed by atoms with Crippen LogP contribution in [0.25, 0.3) is 6.08 Å². The fraction of sp³-hybridized carbons (Fsp3) is 0.317. The highest BCUT2D eigenvalue weighted by Crippen LogP contribution is 2.39. The van der Waals surface area contributed by atoms with Crippen LogP contribution in [-0.2, 0) is 27.2 Å². The molecule has 0 spiro atoms. The molecule has 3 amide bonds. The summed E-state index contributed by atoms with van der Waals surface area (Å²) in [5.41, 5.74) is 2.70. The first-order chi connectivity index (χ1) is 26.2. The third kappa shape index (κ3) is 9.83. The Balaban J connectivity index is 1.37. The van der Waals surface area contributed by atoms with Crippen LogP contribution >= 0.6 is 23.1 Å². The van der Waals surface area contributed by atoms with Crippen LogP contribution in [0.5, 0.6) is 17.2 Å². The number of methoxy groups -OCH3 is 3. The molecule has 1 aromatic heterocycles. The van der Waals surface area contributed by atoms with Gasteiger partial charge in [0.25, 0.3) is 11.8 Å². The lowest BCUT2D eigenvalue weighted by atomic mass is 10.1. The van der Waals surface area contributed by atoms with E-state index in [4.69, 9.17) is 18.9 Å². The van der Waals surface area contributed by atoms with E-state index in [2.05, 4.69) is 16.0 Å². The second-order valence-corrected chi connectivity index (χ2v) is 14.7. The molecule has 11 nitrogen and oxygen atoms in total. The highest BCUT2D eigenvalue weighted by atomic mass is 32.2. The van der Waals surface area contributed by atoms with E-state index >= 15 is 0 Å². The topological polar surface area (TPSA) is 141 Å². The van der Waals surface area contributed by atoms with Gasteiger partial charge in [-0.15, -0.1) is 23.1 Å². The van der Waals surface area contributed by atoms with Crippen molar-refractivity contribution in [3.8, 4) is 17.2 Å². The Bertz CT molecular complexity index is 2010. The van der Waals surface area contributed by atoms with E-state index in [-0.39, 0.29) is 18.2 Å². The van der Waals surface area contributed by atoms with Crippen molar-refractivity contribution in [1.82, 2.24) is 5.32 Å². The number of ether oxygens (including phenoxy) is 4. The number of anilines is 2. The van der Waals surface area contributed by atoms with Crippen molar-refractivity contribution in [3.63, 3.8) is 0 Å². The number of fused-ring (bicyclic) bond motifs is 1. The van der Waals surface area contributed by atoms with Crippen LogP contribution in [0.1, 0.15) is 76.3 Å². The average molecular weight is 772 g/mol. The lowest BCUT2D eigenvalue weighted by Crippen LogP contribution is -2.30. The molecule has 5 rings (SSSR count). The predicted octanol–water partition coefficient (Wildman–Crippen LogP) is 8.14. The molecule has 0 bridgehead atoms. The molecule has 1 atom stereocenters. The number of amides is 3. The summed E-state index contributed by atoms with van der Waals surface area (Å²) >= 11 is 2.82. The first-order valence-corrected chi connectivity index (χ1v) is 19.5. The summed E-state index contributed by atoms with van der Waals surface area (Å²) in [6.07, 6.45) is 6.82. The van der Waals surface area contributed by atoms with E-state index in [1.165, 1.54) is 50.5 Å². The van der Waals surface area contributed by atoms with E-state index in [0.717, 1.165) is 47.4 Å². The Hall–Kier alpha value is -5.27. The average Bonchev–Trinajstić information content (AvgIpc) is 3.36. The van der Waals surface area contributed by atoms with Crippen molar-refractivity contribution in [3.05, 3.63) is 99.6 Å². The van der Waals surface area contributed by atoms with E-state index < -0.39 is 23.0 Å². The zero-order valence-corrected chi connectivity index (χ0v) is 32.7. The van der Waals surface area contributed by atoms with Crippen LogP contribution in [0.3, 0.4) is 0 Å². The second kappa shape index (κ2) is 19.2. The lowest BCUT2D eigenvalue weighted by Gasteiger charge is -2.16. The number of carbonyl (C=O) groups is 4. The SMILES string of the molecule is CCOC(=O)c1c(NC(=O)C(CC)Sc2cccc(NC(=O)/C(=C\c3cc(OC)c(OC)cc3OC)NC(=O)c3ccccc3)c2)sc2c1CCCCC2. The molecule has 0 radical (unpaired) electrons. The highest BCUT2D eigenvalue weighted by molar-refractivity contribution is 8.00. The molecule has 3 aromatic carbocycles. The number of nitrogens with one attached hydrogen (secondary N) is 3. The Morgan fingerprint density at radius 3 is 2.26 bits per heavy atom. The molecular weight excluding hydrogens is 727 g/mol. The van der Waals surface area contributed by atoms with Crippen LogP contribution in [0.15, 0.2) is 77.3 Å². The number of hydrogen-bond acceptors (Lipinski definition) is 10. The number of thiophene rings is 1. The van der Waals surface area contributed by atoms with Gasteiger partial charge < -0.3 is 34.9 Å². The second-order valence-electron chi connectivity index (χ2n) is 12.3. The van der Waals surface area contributed by atoms with Gasteiger partial charge in [-0.3, -0.25) is 14.4 Å². The fourth-order valence-electron chi connectivity index (χ4n) is 6.04. The molecule has 0 saturated carbocycles. The highest BCUT2D eigenvalue weighted by Gasteiger charge is 2.28. The molecule has 1 aliphatic carbocycles. The summed E-state index contributed by atoms with van der Waals surface area (Å²) in [4.78, 5) is 55.8. The van der Waals surface area contributed by atoms with Crippen molar-refractivity contribution in [2.45, 2.75) is 62.5 Å². The quantitative estimate of drug-likeness (QED) is 0.0473. The van der Waals surface area contributed by atoms with Gasteiger partial charge in [0.15, 0.2) is 11.5 Å². The Morgan fingerprint density at radius 2 is 1.56 bits per heavy atom. The maximum Gasteiger partial charge on any atom is 0.341 e. The molecule has 0 saturated heterocycles. The molecule has 3 N–H and O–H groups in total. The van der Waals surface area contributed by atoms with Gasteiger partial charge in [0.05, 0.1) is 38.7 Å². The minimum Gasteiger partial charge on any atom is -0.496 e. The molecular formula is C41H45N3O8S2. The van der Waals surface area contributed by atoms with Gasteiger partial charge in [-0.1, -0.05) is 37.6 Å². The number of thioether (sulfide) groups is 1. The molecule has 1 heterocycles. The third-order valence-electron chi connectivity index (χ3n) is 8.74. The van der Waals surface area contributed by atoms with Crippen LogP contribution in [0.2, 0.25) is 0 Å². The van der Waals surface area contributed by atoms with Crippen LogP contribution in [-0.4, -0.2) is 56.9 Å². The zero-order chi connectivity index (χ0) is 38.6. The maximum absolute atomic E-state index is 13.9. The first kappa shape index (κ1) is 39.9. The number of esters is 1. The van der Waals surface area contributed by atoms with Gasteiger partial charge in [-0.05, 0) is 87.1 Å². The molecule has 54 heavy (non-hydrogen) atoms. The summed E-state index contributed by atoms with van der Waals surface area (Å²) in [6, 6.07) is 19.0. The van der Waals surface area contributed by atoms with Gasteiger partial charge in [0.1, 0.15) is 16.4 Å². The summed E-state index contributed by atoms with van der Waals surface area (Å²) in [7, 11) is 4.49. The monoisotopic (exact) mass is 771 g/mol. The van der Waals surface area contributed by atoms with Crippen LogP contribution in [0, 0.1) is 0 Å². The van der Waals surface area contributed by atoms with E-state index in [1.807, 2.05) is 13.0 Å². The number of rotatable bonds is 15. The standard InChI is InChI=1S/C41H45N3O8S2/c1-6-34(39(47)44-40-36(41(48)52-7-2)29-19-12-9-13-20-35(29)54-40)53-28-18-14-17-27(23-28)42-38(46)30(43-37(45)25-15-10-8-11-16-25)21-26-22-32(50-4)33(51-5)24-31(26)49-3/h8,10-11,14-18,21-24,34H,6-7,9,12-13,19-20H2,1-5H3,(H,42,46)(H,43,45)(H,44,47)/b30-21+. The van der Waals surface area contributed by atoms with Crippen LogP contribution < -0.4 is 30.2 Å². The molecule has 0 aliphatic heterocycles. The molecule has 1 aliphatic rings. The summed E-state index contributed by atoms with van der Waals surface area (Å²) in [5.74, 6) is -0.474. The van der Waals surface area contributed by atoms with E-state index in [1.54, 1.807) is 67.6 Å². The molecule has 284 valence electrons. The predicted molar refractivity (Wildman–Crippen MR) is 213 cm³/mol. The van der Waals surface area contributed by atoms with Crippen LogP contribution in [0.4, 0.5) is 10.7 Å². The normalized spacial score (nSPS) is 13.1. The van der Waals surface area contributed by atoms with Crippen molar-refractivity contribution >= 4 is 63.6 Å². The molecule has 0 fully saturated rings. The Kier molecular flexibility index (Phi) is 14.2.